The Bertz CT molecular complexity index is 619. The summed E-state index contributed by atoms with van der Waals surface area (Å²) in [6.45, 7) is 0. The fourth-order valence-corrected chi connectivity index (χ4v) is 4.23. The third-order valence-electron chi connectivity index (χ3n) is 3.87. The van der Waals surface area contributed by atoms with Crippen LogP contribution in [-0.4, -0.2) is 16.4 Å². The van der Waals surface area contributed by atoms with Crippen molar-refractivity contribution in [1.29, 1.82) is 0 Å². The van der Waals surface area contributed by atoms with Crippen molar-refractivity contribution in [2.75, 3.05) is 0 Å². The molecule has 4 heteroatoms. The number of rotatable bonds is 3. The van der Waals surface area contributed by atoms with E-state index in [1.54, 1.807) is 17.2 Å². The first-order valence-corrected chi connectivity index (χ1v) is 7.90. The van der Waals surface area contributed by atoms with Crippen molar-refractivity contribution in [1.82, 2.24) is 5.48 Å². The van der Waals surface area contributed by atoms with Crippen molar-refractivity contribution >= 4 is 23.2 Å². The zero-order chi connectivity index (χ0) is 14.7. The Kier molecular flexibility index (Phi) is 4.27. The van der Waals surface area contributed by atoms with Gasteiger partial charge in [-0.05, 0) is 29.9 Å². The summed E-state index contributed by atoms with van der Waals surface area (Å²) in [4.78, 5) is 12.6. The zero-order valence-corrected chi connectivity index (χ0v) is 12.3. The number of benzene rings is 1. The maximum absolute atomic E-state index is 12.0. The zero-order valence-electron chi connectivity index (χ0n) is 11.5. The number of hydrogen-bond donors (Lipinski definition) is 2. The minimum Gasteiger partial charge on any atom is -0.288 e. The summed E-state index contributed by atoms with van der Waals surface area (Å²) in [5.41, 5.74) is 3.87. The lowest BCUT2D eigenvalue weighted by molar-refractivity contribution is -0.124. The second kappa shape index (κ2) is 6.33. The van der Waals surface area contributed by atoms with Crippen LogP contribution in [0.5, 0.6) is 0 Å². The van der Waals surface area contributed by atoms with Gasteiger partial charge in [-0.2, -0.15) is 0 Å². The third-order valence-corrected chi connectivity index (χ3v) is 5.36. The molecule has 1 heterocycles. The van der Waals surface area contributed by atoms with Gasteiger partial charge in [0.2, 0.25) is 0 Å². The van der Waals surface area contributed by atoms with Crippen LogP contribution in [0.4, 0.5) is 0 Å². The summed E-state index contributed by atoms with van der Waals surface area (Å²) in [5, 5.41) is 9.33. The number of nitrogens with one attached hydrogen (secondary N) is 1. The number of amides is 1. The monoisotopic (exact) mass is 299 g/mol. The Morgan fingerprint density at radius 3 is 2.71 bits per heavy atom. The first-order chi connectivity index (χ1) is 10.3. The Morgan fingerprint density at radius 2 is 2.05 bits per heavy atom. The van der Waals surface area contributed by atoms with E-state index in [1.165, 1.54) is 0 Å². The van der Waals surface area contributed by atoms with E-state index in [1.807, 2.05) is 30.3 Å². The maximum Gasteiger partial charge on any atom is 0.281 e. The molecule has 2 N–H and O–H groups in total. The molecule has 2 atom stereocenters. The lowest BCUT2D eigenvalue weighted by Gasteiger charge is -2.20. The van der Waals surface area contributed by atoms with E-state index in [0.717, 1.165) is 24.0 Å². The highest BCUT2D eigenvalue weighted by molar-refractivity contribution is 8.05. The summed E-state index contributed by atoms with van der Waals surface area (Å²) in [6, 6.07) is 9.93. The molecule has 1 aromatic rings. The molecule has 1 amide bonds. The predicted molar refractivity (Wildman–Crippen MR) is 85.7 cm³/mol. The Labute approximate surface area is 128 Å². The summed E-state index contributed by atoms with van der Waals surface area (Å²) in [6.07, 6.45) is 10.4. The van der Waals surface area contributed by atoms with Gasteiger partial charge in [-0.1, -0.05) is 54.6 Å². The van der Waals surface area contributed by atoms with Gasteiger partial charge >= 0.3 is 0 Å². The summed E-state index contributed by atoms with van der Waals surface area (Å²) in [7, 11) is 0. The van der Waals surface area contributed by atoms with E-state index in [-0.39, 0.29) is 0 Å². The summed E-state index contributed by atoms with van der Waals surface area (Å²) < 4.78 is 0. The van der Waals surface area contributed by atoms with Crippen LogP contribution in [-0.2, 0) is 4.79 Å². The van der Waals surface area contributed by atoms with Gasteiger partial charge in [-0.25, -0.2) is 5.48 Å². The minimum atomic E-state index is -0.406. The predicted octanol–water partition coefficient (Wildman–Crippen LogP) is 3.54. The van der Waals surface area contributed by atoms with Crippen molar-refractivity contribution in [2.24, 2.45) is 5.92 Å². The van der Waals surface area contributed by atoms with Gasteiger partial charge < -0.3 is 0 Å². The second-order valence-electron chi connectivity index (χ2n) is 5.19. The van der Waals surface area contributed by atoms with Crippen LogP contribution in [0.3, 0.4) is 0 Å². The molecule has 0 fully saturated rings. The summed E-state index contributed by atoms with van der Waals surface area (Å²) >= 11 is 1.58. The first-order valence-electron chi connectivity index (χ1n) is 7.02. The van der Waals surface area contributed by atoms with E-state index in [9.17, 15) is 4.79 Å². The minimum absolute atomic E-state index is 0.341. The van der Waals surface area contributed by atoms with E-state index >= 15 is 0 Å². The number of carbonyl (C=O) groups excluding carboxylic acids is 1. The molecule has 0 spiro atoms. The molecule has 21 heavy (non-hydrogen) atoms. The highest BCUT2D eigenvalue weighted by Gasteiger charge is 2.33. The van der Waals surface area contributed by atoms with Gasteiger partial charge in [0.05, 0.1) is 4.91 Å². The summed E-state index contributed by atoms with van der Waals surface area (Å²) in [5.74, 6) is 0.0272. The third kappa shape index (κ3) is 2.96. The van der Waals surface area contributed by atoms with Gasteiger partial charge in [-0.15, -0.1) is 11.8 Å². The normalized spacial score (nSPS) is 24.4. The molecule has 108 valence electrons. The number of allylic oxidation sites excluding steroid dienone is 5. The number of hydroxylamine groups is 1. The molecule has 0 bridgehead atoms. The molecule has 0 saturated heterocycles. The first kappa shape index (κ1) is 14.2. The van der Waals surface area contributed by atoms with Crippen LogP contribution in [0, 0.1) is 5.92 Å². The fourth-order valence-electron chi connectivity index (χ4n) is 2.80. The highest BCUT2D eigenvalue weighted by atomic mass is 32.2. The maximum atomic E-state index is 12.0. The van der Waals surface area contributed by atoms with Gasteiger partial charge in [0.1, 0.15) is 0 Å². The molecule has 3 nitrogen and oxygen atoms in total. The molecule has 0 aromatic heterocycles. The van der Waals surface area contributed by atoms with Gasteiger partial charge in [0.15, 0.2) is 0 Å². The second-order valence-corrected chi connectivity index (χ2v) is 6.44. The van der Waals surface area contributed by atoms with Crippen LogP contribution in [0.25, 0.3) is 5.57 Å². The topological polar surface area (TPSA) is 49.3 Å². The lowest BCUT2D eigenvalue weighted by atomic mass is 9.91. The molecular weight excluding hydrogens is 282 g/mol. The van der Waals surface area contributed by atoms with Crippen molar-refractivity contribution in [3.05, 3.63) is 65.1 Å². The molecule has 0 saturated carbocycles. The molecular formula is C17H17NO2S. The van der Waals surface area contributed by atoms with E-state index < -0.39 is 5.91 Å². The van der Waals surface area contributed by atoms with Crippen LogP contribution in [0.15, 0.2) is 59.5 Å². The average molecular weight is 299 g/mol. The Balaban J connectivity index is 1.88. The van der Waals surface area contributed by atoms with Crippen LogP contribution in [0.2, 0.25) is 0 Å². The molecule has 1 aliphatic heterocycles. The van der Waals surface area contributed by atoms with Crippen molar-refractivity contribution < 1.29 is 10.0 Å². The van der Waals surface area contributed by atoms with Gasteiger partial charge in [-0.3, -0.25) is 10.0 Å². The van der Waals surface area contributed by atoms with Crippen LogP contribution < -0.4 is 5.48 Å². The van der Waals surface area contributed by atoms with Gasteiger partial charge in [0.25, 0.3) is 5.91 Å². The largest absolute Gasteiger partial charge is 0.288 e. The smallest absolute Gasteiger partial charge is 0.281 e. The van der Waals surface area contributed by atoms with Crippen molar-refractivity contribution in [3.63, 3.8) is 0 Å². The van der Waals surface area contributed by atoms with Crippen molar-refractivity contribution in [3.8, 4) is 0 Å². The highest BCUT2D eigenvalue weighted by Crippen LogP contribution is 2.47. The molecule has 1 aliphatic carbocycles. The standard InChI is InChI=1S/C17H17NO2S/c19-17(18-20)16-14(12-7-3-1-4-8-12)11-15(21-16)13-9-5-2-6-10-13/h1-9,13,15,20H,10-11H2,(H,18,19). The SMILES string of the molecule is O=C(NO)C1=C(c2ccccc2)CC(C2C=CC=CC2)S1. The Morgan fingerprint density at radius 1 is 1.24 bits per heavy atom. The quantitative estimate of drug-likeness (QED) is 0.663. The number of carbonyl (C=O) groups is 1. The molecule has 0 radical (unpaired) electrons. The van der Waals surface area contributed by atoms with E-state index in [2.05, 4.69) is 24.3 Å². The van der Waals surface area contributed by atoms with Crippen LogP contribution in [0.1, 0.15) is 18.4 Å². The van der Waals surface area contributed by atoms with E-state index in [0.29, 0.717) is 16.1 Å². The average Bonchev–Trinajstić information content (AvgIpc) is 3.01. The number of hydrogen-bond acceptors (Lipinski definition) is 3. The fraction of sp³-hybridized carbons (Fsp3) is 0.235. The van der Waals surface area contributed by atoms with E-state index in [4.69, 9.17) is 5.21 Å². The molecule has 2 aliphatic rings. The molecule has 2 unspecified atom stereocenters. The van der Waals surface area contributed by atoms with Crippen molar-refractivity contribution in [2.45, 2.75) is 18.1 Å². The van der Waals surface area contributed by atoms with Crippen LogP contribution >= 0.6 is 11.8 Å². The van der Waals surface area contributed by atoms with Gasteiger partial charge in [0, 0.05) is 5.25 Å². The molecule has 1 aromatic carbocycles. The lowest BCUT2D eigenvalue weighted by Crippen LogP contribution is -2.20. The molecule has 3 rings (SSSR count). The number of thioether (sulfide) groups is 1. The Hall–Kier alpha value is -1.78.